The molecule has 2 aromatic carbocycles. The lowest BCUT2D eigenvalue weighted by atomic mass is 10.0. The largest absolute Gasteiger partial charge is 0.394 e. The fourth-order valence-corrected chi connectivity index (χ4v) is 3.81. The van der Waals surface area contributed by atoms with E-state index in [4.69, 9.17) is 4.74 Å². The van der Waals surface area contributed by atoms with Crippen molar-refractivity contribution in [3.63, 3.8) is 0 Å². The second-order valence-corrected chi connectivity index (χ2v) is 7.22. The number of nitrogens with zero attached hydrogens (tertiary/aromatic N) is 4. The predicted octanol–water partition coefficient (Wildman–Crippen LogP) is 1.77. The molecule has 152 valence electrons. The standard InChI is InChI=1S/C22H20N4O4/c27-10-16-19(28)20(29)22(30-16)26-12-25-18-17(23-11-24-21(18)26)15-8-6-14(7-9-15)13-4-2-1-3-5-13/h1-9,11-12,16,19-20,22,27-29H,10H2/t16-,19-,20-,22?/m1/s1. The first-order valence-electron chi connectivity index (χ1n) is 9.63. The summed E-state index contributed by atoms with van der Waals surface area (Å²) in [5, 5.41) is 29.7. The van der Waals surface area contributed by atoms with E-state index < -0.39 is 31.1 Å². The van der Waals surface area contributed by atoms with Gasteiger partial charge in [-0.2, -0.15) is 0 Å². The first-order valence-corrected chi connectivity index (χ1v) is 9.63. The molecule has 0 amide bonds. The molecular weight excluding hydrogens is 384 g/mol. The fourth-order valence-electron chi connectivity index (χ4n) is 3.81. The van der Waals surface area contributed by atoms with E-state index in [2.05, 4.69) is 27.1 Å². The van der Waals surface area contributed by atoms with Crippen LogP contribution in [0.15, 0.2) is 67.3 Å². The Morgan fingerprint density at radius 2 is 1.53 bits per heavy atom. The van der Waals surface area contributed by atoms with Crippen LogP contribution in [0.4, 0.5) is 0 Å². The summed E-state index contributed by atoms with van der Waals surface area (Å²) in [6, 6.07) is 18.1. The Morgan fingerprint density at radius 3 is 2.23 bits per heavy atom. The molecule has 30 heavy (non-hydrogen) atoms. The van der Waals surface area contributed by atoms with Crippen LogP contribution in [0.1, 0.15) is 6.23 Å². The molecule has 2 aromatic heterocycles. The van der Waals surface area contributed by atoms with Crippen molar-refractivity contribution in [1.29, 1.82) is 0 Å². The van der Waals surface area contributed by atoms with Gasteiger partial charge in [-0.05, 0) is 11.1 Å². The van der Waals surface area contributed by atoms with E-state index >= 15 is 0 Å². The molecule has 8 heteroatoms. The average Bonchev–Trinajstić information content (AvgIpc) is 3.35. The van der Waals surface area contributed by atoms with Gasteiger partial charge in [-0.25, -0.2) is 15.0 Å². The van der Waals surface area contributed by atoms with Crippen molar-refractivity contribution in [3.05, 3.63) is 67.3 Å². The topological polar surface area (TPSA) is 114 Å². The summed E-state index contributed by atoms with van der Waals surface area (Å²) in [6.45, 7) is -0.393. The number of ether oxygens (including phenoxy) is 1. The molecule has 1 unspecified atom stereocenters. The molecular formula is C22H20N4O4. The van der Waals surface area contributed by atoms with Gasteiger partial charge in [0, 0.05) is 5.56 Å². The lowest BCUT2D eigenvalue weighted by Crippen LogP contribution is -2.33. The summed E-state index contributed by atoms with van der Waals surface area (Å²) in [5.74, 6) is 0. The van der Waals surface area contributed by atoms with E-state index in [0.717, 1.165) is 16.7 Å². The molecule has 8 nitrogen and oxygen atoms in total. The second kappa shape index (κ2) is 7.58. The highest BCUT2D eigenvalue weighted by Gasteiger charge is 2.44. The van der Waals surface area contributed by atoms with Crippen LogP contribution in [-0.2, 0) is 4.74 Å². The predicted molar refractivity (Wildman–Crippen MR) is 109 cm³/mol. The highest BCUT2D eigenvalue weighted by molar-refractivity contribution is 5.87. The smallest absolute Gasteiger partial charge is 0.166 e. The summed E-state index contributed by atoms with van der Waals surface area (Å²) >= 11 is 0. The van der Waals surface area contributed by atoms with Crippen LogP contribution < -0.4 is 0 Å². The first kappa shape index (κ1) is 18.8. The normalized spacial score (nSPS) is 23.8. The minimum absolute atomic E-state index is 0.393. The molecule has 4 aromatic rings. The highest BCUT2D eigenvalue weighted by Crippen LogP contribution is 2.33. The average molecular weight is 404 g/mol. The van der Waals surface area contributed by atoms with Gasteiger partial charge in [-0.3, -0.25) is 4.57 Å². The summed E-state index contributed by atoms with van der Waals surface area (Å²) in [4.78, 5) is 13.1. The van der Waals surface area contributed by atoms with Crippen molar-refractivity contribution in [1.82, 2.24) is 19.5 Å². The van der Waals surface area contributed by atoms with Gasteiger partial charge in [0.05, 0.1) is 12.9 Å². The minimum atomic E-state index is -1.21. The number of imidazole rings is 1. The van der Waals surface area contributed by atoms with Crippen LogP contribution in [0.5, 0.6) is 0 Å². The number of benzene rings is 2. The summed E-state index contributed by atoms with van der Waals surface area (Å²) < 4.78 is 7.17. The number of aliphatic hydroxyl groups excluding tert-OH is 3. The number of aromatic nitrogens is 4. The third kappa shape index (κ3) is 3.06. The van der Waals surface area contributed by atoms with Crippen LogP contribution in [-0.4, -0.2) is 59.8 Å². The van der Waals surface area contributed by atoms with E-state index in [9.17, 15) is 15.3 Å². The molecule has 0 spiro atoms. The molecule has 0 bridgehead atoms. The fraction of sp³-hybridized carbons (Fsp3) is 0.227. The summed E-state index contributed by atoms with van der Waals surface area (Å²) in [5.41, 5.74) is 4.80. The molecule has 1 fully saturated rings. The molecule has 5 rings (SSSR count). The van der Waals surface area contributed by atoms with Crippen molar-refractivity contribution < 1.29 is 20.1 Å². The second-order valence-electron chi connectivity index (χ2n) is 7.22. The molecule has 3 N–H and O–H groups in total. The van der Waals surface area contributed by atoms with Crippen LogP contribution in [0.2, 0.25) is 0 Å². The zero-order valence-corrected chi connectivity index (χ0v) is 15.9. The van der Waals surface area contributed by atoms with Gasteiger partial charge >= 0.3 is 0 Å². The molecule has 0 radical (unpaired) electrons. The maximum atomic E-state index is 10.3. The van der Waals surface area contributed by atoms with E-state index in [-0.39, 0.29) is 0 Å². The Labute approximate surface area is 172 Å². The number of hydrogen-bond donors (Lipinski definition) is 3. The van der Waals surface area contributed by atoms with Crippen LogP contribution in [0, 0.1) is 0 Å². The molecule has 4 atom stereocenters. The summed E-state index contributed by atoms with van der Waals surface area (Å²) in [6.07, 6.45) is -1.23. The zero-order chi connectivity index (χ0) is 20.7. The van der Waals surface area contributed by atoms with E-state index in [1.165, 1.54) is 12.7 Å². The van der Waals surface area contributed by atoms with Gasteiger partial charge in [0.25, 0.3) is 0 Å². The molecule has 0 aliphatic carbocycles. The number of rotatable bonds is 4. The van der Waals surface area contributed by atoms with E-state index in [0.29, 0.717) is 16.9 Å². The Bertz CT molecular complexity index is 1160. The molecule has 1 saturated heterocycles. The molecule has 1 aliphatic heterocycles. The maximum Gasteiger partial charge on any atom is 0.166 e. The molecule has 1 aliphatic rings. The Morgan fingerprint density at radius 1 is 0.833 bits per heavy atom. The number of fused-ring (bicyclic) bond motifs is 1. The van der Waals surface area contributed by atoms with Crippen molar-refractivity contribution >= 4 is 11.2 Å². The van der Waals surface area contributed by atoms with Gasteiger partial charge in [-0.1, -0.05) is 54.6 Å². The van der Waals surface area contributed by atoms with Crippen molar-refractivity contribution in [2.75, 3.05) is 6.61 Å². The minimum Gasteiger partial charge on any atom is -0.394 e. The van der Waals surface area contributed by atoms with Crippen molar-refractivity contribution in [2.45, 2.75) is 24.5 Å². The molecule has 3 heterocycles. The van der Waals surface area contributed by atoms with Crippen LogP contribution in [0.25, 0.3) is 33.5 Å². The van der Waals surface area contributed by atoms with Gasteiger partial charge in [-0.15, -0.1) is 0 Å². The highest BCUT2D eigenvalue weighted by atomic mass is 16.6. The zero-order valence-electron chi connectivity index (χ0n) is 15.9. The maximum absolute atomic E-state index is 10.3. The molecule has 0 saturated carbocycles. The van der Waals surface area contributed by atoms with Crippen molar-refractivity contribution in [3.8, 4) is 22.4 Å². The van der Waals surface area contributed by atoms with Gasteiger partial charge in [0.1, 0.15) is 35.8 Å². The van der Waals surface area contributed by atoms with Gasteiger partial charge in [0.15, 0.2) is 11.9 Å². The Hall–Kier alpha value is -3.17. The van der Waals surface area contributed by atoms with Crippen molar-refractivity contribution in [2.24, 2.45) is 0 Å². The number of hydrogen-bond acceptors (Lipinski definition) is 7. The van der Waals surface area contributed by atoms with E-state index in [1.54, 1.807) is 4.57 Å². The van der Waals surface area contributed by atoms with Crippen LogP contribution in [0.3, 0.4) is 0 Å². The van der Waals surface area contributed by atoms with Gasteiger partial charge in [0.2, 0.25) is 0 Å². The quantitative estimate of drug-likeness (QED) is 0.475. The van der Waals surface area contributed by atoms with E-state index in [1.807, 2.05) is 42.5 Å². The SMILES string of the molecule is OC[C@H]1OC(n2cnc3c(-c4ccc(-c5ccccc5)cc4)ncnc32)[C@H](O)[C@@H]1O. The third-order valence-electron chi connectivity index (χ3n) is 5.42. The number of aliphatic hydroxyl groups is 3. The first-order chi connectivity index (χ1) is 14.7. The summed E-state index contributed by atoms with van der Waals surface area (Å²) in [7, 11) is 0. The Kier molecular flexibility index (Phi) is 4.76. The Balaban J connectivity index is 1.51. The third-order valence-corrected chi connectivity index (χ3v) is 5.42. The lowest BCUT2D eigenvalue weighted by Gasteiger charge is -2.16. The van der Waals surface area contributed by atoms with Gasteiger partial charge < -0.3 is 20.1 Å². The van der Waals surface area contributed by atoms with Crippen LogP contribution >= 0.6 is 0 Å². The lowest BCUT2D eigenvalue weighted by molar-refractivity contribution is -0.0511. The monoisotopic (exact) mass is 404 g/mol.